The predicted octanol–water partition coefficient (Wildman–Crippen LogP) is 2.84. The molecule has 0 atom stereocenters. The molecule has 166 valence electrons. The fraction of sp³-hybridized carbons (Fsp3) is 0.273. The molecule has 0 bridgehead atoms. The normalized spacial score (nSPS) is 13.6. The van der Waals surface area contributed by atoms with Crippen LogP contribution < -0.4 is 14.3 Å². The lowest BCUT2D eigenvalue weighted by Gasteiger charge is -2.18. The Hall–Kier alpha value is -3.13. The molecule has 4 rings (SSSR count). The van der Waals surface area contributed by atoms with Crippen molar-refractivity contribution in [1.82, 2.24) is 8.87 Å². The summed E-state index contributed by atoms with van der Waals surface area (Å²) >= 11 is 1.31. The maximum absolute atomic E-state index is 12.8. The van der Waals surface area contributed by atoms with Crippen molar-refractivity contribution in [3.63, 3.8) is 0 Å². The fourth-order valence-electron chi connectivity index (χ4n) is 3.42. The zero-order chi connectivity index (χ0) is 22.9. The summed E-state index contributed by atoms with van der Waals surface area (Å²) in [6, 6.07) is 9.45. The quantitative estimate of drug-likeness (QED) is 0.516. The van der Waals surface area contributed by atoms with Crippen molar-refractivity contribution in [2.45, 2.75) is 25.3 Å². The third-order valence-electron chi connectivity index (χ3n) is 5.07. The van der Waals surface area contributed by atoms with Crippen molar-refractivity contribution in [3.8, 4) is 23.8 Å². The van der Waals surface area contributed by atoms with E-state index in [9.17, 15) is 13.2 Å². The number of fused-ring (bicyclic) bond motifs is 2. The molecule has 0 N–H and O–H groups in total. The van der Waals surface area contributed by atoms with Gasteiger partial charge in [-0.15, -0.1) is 6.42 Å². The van der Waals surface area contributed by atoms with Gasteiger partial charge in [-0.1, -0.05) is 31.1 Å². The lowest BCUT2D eigenvalue weighted by molar-refractivity contribution is 0.0997. The van der Waals surface area contributed by atoms with Crippen LogP contribution in [0.25, 0.3) is 10.2 Å². The van der Waals surface area contributed by atoms with Crippen LogP contribution in [-0.4, -0.2) is 43.1 Å². The molecular weight excluding hydrogens is 450 g/mol. The molecule has 8 nitrogen and oxygen atoms in total. The minimum atomic E-state index is -3.60. The van der Waals surface area contributed by atoms with E-state index in [1.165, 1.54) is 39.9 Å². The standard InChI is InChI=1S/C22H21N3O5S2/c1-4-11-25-17-12-18-19(30-14-29-18)13-20(17)31-22(25)23-21(26)15-7-9-16(10-8-15)32(27,28)24(5-2)6-3/h1,7-10,12-13H,5-6,11,14H2,2-3H3. The molecule has 2 heterocycles. The van der Waals surface area contributed by atoms with Crippen molar-refractivity contribution in [2.75, 3.05) is 19.9 Å². The van der Waals surface area contributed by atoms with Gasteiger partial charge in [0.25, 0.3) is 5.91 Å². The minimum absolute atomic E-state index is 0.136. The van der Waals surface area contributed by atoms with Gasteiger partial charge < -0.3 is 14.0 Å². The number of ether oxygens (including phenoxy) is 2. The van der Waals surface area contributed by atoms with Crippen LogP contribution in [0.1, 0.15) is 24.2 Å². The molecule has 0 saturated heterocycles. The number of carbonyl (C=O) groups excluding carboxylic acids is 1. The molecule has 0 unspecified atom stereocenters. The summed E-state index contributed by atoms with van der Waals surface area (Å²) in [6.07, 6.45) is 5.53. The van der Waals surface area contributed by atoms with E-state index in [2.05, 4.69) is 10.9 Å². The van der Waals surface area contributed by atoms with Crippen LogP contribution >= 0.6 is 11.3 Å². The number of hydrogen-bond acceptors (Lipinski definition) is 6. The smallest absolute Gasteiger partial charge is 0.279 e. The SMILES string of the molecule is C#CCn1c(=NC(=O)c2ccc(S(=O)(=O)N(CC)CC)cc2)sc2cc3c(cc21)OCO3. The molecule has 0 spiro atoms. The van der Waals surface area contributed by atoms with Crippen LogP contribution in [-0.2, 0) is 16.6 Å². The van der Waals surface area contributed by atoms with Gasteiger partial charge in [-0.05, 0) is 24.3 Å². The van der Waals surface area contributed by atoms with E-state index in [0.29, 0.717) is 29.4 Å². The second-order valence-electron chi connectivity index (χ2n) is 6.88. The zero-order valence-electron chi connectivity index (χ0n) is 17.6. The summed E-state index contributed by atoms with van der Waals surface area (Å²) in [5.41, 5.74) is 1.08. The molecule has 0 aliphatic carbocycles. The molecule has 3 aromatic rings. The van der Waals surface area contributed by atoms with E-state index in [4.69, 9.17) is 15.9 Å². The Morgan fingerprint density at radius 2 is 1.84 bits per heavy atom. The molecule has 10 heteroatoms. The fourth-order valence-corrected chi connectivity index (χ4v) is 5.92. The van der Waals surface area contributed by atoms with Gasteiger partial charge in [-0.3, -0.25) is 4.79 Å². The van der Waals surface area contributed by atoms with Crippen molar-refractivity contribution >= 4 is 37.5 Å². The van der Waals surface area contributed by atoms with Gasteiger partial charge in [0.2, 0.25) is 16.8 Å². The number of amides is 1. The Kier molecular flexibility index (Phi) is 6.06. The number of sulfonamides is 1. The van der Waals surface area contributed by atoms with Crippen LogP contribution in [0.5, 0.6) is 11.5 Å². The number of carbonyl (C=O) groups is 1. The highest BCUT2D eigenvalue weighted by atomic mass is 32.2. The van der Waals surface area contributed by atoms with E-state index in [-0.39, 0.29) is 23.8 Å². The Balaban J connectivity index is 1.71. The van der Waals surface area contributed by atoms with Gasteiger partial charge in [-0.25, -0.2) is 8.42 Å². The first-order valence-corrected chi connectivity index (χ1v) is 12.2. The van der Waals surface area contributed by atoms with E-state index in [0.717, 1.165) is 10.2 Å². The molecule has 0 saturated carbocycles. The molecule has 0 radical (unpaired) electrons. The highest BCUT2D eigenvalue weighted by Crippen LogP contribution is 2.37. The third kappa shape index (κ3) is 3.90. The topological polar surface area (TPSA) is 90.2 Å². The number of terminal acetylenes is 1. The summed E-state index contributed by atoms with van der Waals surface area (Å²) in [5.74, 6) is 3.34. The number of benzene rings is 2. The van der Waals surface area contributed by atoms with Crippen LogP contribution in [0.3, 0.4) is 0 Å². The second kappa shape index (κ2) is 8.78. The van der Waals surface area contributed by atoms with E-state index < -0.39 is 15.9 Å². The van der Waals surface area contributed by atoms with Gasteiger partial charge in [0, 0.05) is 30.8 Å². The average Bonchev–Trinajstić information content (AvgIpc) is 3.37. The van der Waals surface area contributed by atoms with Crippen LogP contribution in [0.15, 0.2) is 46.3 Å². The summed E-state index contributed by atoms with van der Waals surface area (Å²) < 4.78 is 40.1. The molecule has 1 aliphatic rings. The predicted molar refractivity (Wildman–Crippen MR) is 121 cm³/mol. The van der Waals surface area contributed by atoms with Crippen molar-refractivity contribution in [2.24, 2.45) is 4.99 Å². The van der Waals surface area contributed by atoms with Gasteiger partial charge in [0.05, 0.1) is 21.7 Å². The van der Waals surface area contributed by atoms with Crippen LogP contribution in [0.2, 0.25) is 0 Å². The maximum atomic E-state index is 12.8. The third-order valence-corrected chi connectivity index (χ3v) is 8.17. The van der Waals surface area contributed by atoms with Gasteiger partial charge in [-0.2, -0.15) is 9.30 Å². The number of aromatic nitrogens is 1. The minimum Gasteiger partial charge on any atom is -0.454 e. The molecule has 1 aliphatic heterocycles. The Morgan fingerprint density at radius 1 is 1.19 bits per heavy atom. The Morgan fingerprint density at radius 3 is 2.47 bits per heavy atom. The van der Waals surface area contributed by atoms with Crippen molar-refractivity contribution in [1.29, 1.82) is 0 Å². The van der Waals surface area contributed by atoms with Crippen molar-refractivity contribution in [3.05, 3.63) is 46.8 Å². The number of nitrogens with zero attached hydrogens (tertiary/aromatic N) is 3. The number of thiazole rings is 1. The molecule has 1 amide bonds. The van der Waals surface area contributed by atoms with E-state index in [1.807, 2.05) is 12.1 Å². The lowest BCUT2D eigenvalue weighted by Crippen LogP contribution is -2.30. The number of rotatable bonds is 6. The van der Waals surface area contributed by atoms with Gasteiger partial charge in [0.15, 0.2) is 16.3 Å². The van der Waals surface area contributed by atoms with E-state index >= 15 is 0 Å². The molecule has 2 aromatic carbocycles. The molecule has 1 aromatic heterocycles. The second-order valence-corrected chi connectivity index (χ2v) is 9.83. The summed E-state index contributed by atoms with van der Waals surface area (Å²) in [6.45, 7) is 4.69. The summed E-state index contributed by atoms with van der Waals surface area (Å²) in [7, 11) is -3.60. The molecule has 32 heavy (non-hydrogen) atoms. The first-order valence-electron chi connectivity index (χ1n) is 9.94. The summed E-state index contributed by atoms with van der Waals surface area (Å²) in [4.78, 5) is 17.6. The summed E-state index contributed by atoms with van der Waals surface area (Å²) in [5, 5.41) is 0. The van der Waals surface area contributed by atoms with Crippen molar-refractivity contribution < 1.29 is 22.7 Å². The zero-order valence-corrected chi connectivity index (χ0v) is 19.2. The van der Waals surface area contributed by atoms with Crippen LogP contribution in [0, 0.1) is 12.3 Å². The lowest BCUT2D eigenvalue weighted by atomic mass is 10.2. The highest BCUT2D eigenvalue weighted by Gasteiger charge is 2.22. The molecule has 0 fully saturated rings. The number of hydrogen-bond donors (Lipinski definition) is 0. The maximum Gasteiger partial charge on any atom is 0.279 e. The van der Waals surface area contributed by atoms with E-state index in [1.54, 1.807) is 18.4 Å². The largest absolute Gasteiger partial charge is 0.454 e. The average molecular weight is 472 g/mol. The van der Waals surface area contributed by atoms with Crippen LogP contribution in [0.4, 0.5) is 0 Å². The molecular formula is C22H21N3O5S2. The highest BCUT2D eigenvalue weighted by molar-refractivity contribution is 7.89. The first kappa shape index (κ1) is 22.1. The van der Waals surface area contributed by atoms with Gasteiger partial charge >= 0.3 is 0 Å². The Bertz CT molecular complexity index is 1390. The monoisotopic (exact) mass is 471 g/mol. The Labute approximate surface area is 189 Å². The first-order chi connectivity index (χ1) is 15.4. The van der Waals surface area contributed by atoms with Gasteiger partial charge in [0.1, 0.15) is 0 Å².